The molecule has 0 heterocycles. The molecule has 118 valence electrons. The molecule has 0 fully saturated rings. The van der Waals surface area contributed by atoms with E-state index in [1.54, 1.807) is 30.3 Å². The Hall–Kier alpha value is -1.60. The first-order chi connectivity index (χ1) is 9.71. The fourth-order valence-electron chi connectivity index (χ4n) is 2.01. The summed E-state index contributed by atoms with van der Waals surface area (Å²) in [5.41, 5.74) is 6.25. The van der Waals surface area contributed by atoms with E-state index >= 15 is 0 Å². The molecule has 0 saturated heterocycles. The van der Waals surface area contributed by atoms with Gasteiger partial charge in [0, 0.05) is 6.04 Å². The predicted octanol–water partition coefficient (Wildman–Crippen LogP) is 2.57. The van der Waals surface area contributed by atoms with E-state index in [9.17, 15) is 18.0 Å². The van der Waals surface area contributed by atoms with Crippen LogP contribution in [0.4, 0.5) is 13.2 Å². The number of alkyl halides is 3. The molecule has 0 aliphatic carbocycles. The first-order valence-corrected chi connectivity index (χ1v) is 6.41. The molecule has 3 unspecified atom stereocenters. The second kappa shape index (κ2) is 7.42. The Morgan fingerprint density at radius 3 is 2.33 bits per heavy atom. The van der Waals surface area contributed by atoms with Crippen LogP contribution < -0.4 is 5.73 Å². The molecule has 1 rings (SSSR count). The number of rotatable bonds is 7. The standard InChI is InChI=1S/C14H18F3NO3/c1-9(18)13(11(7-12(19)20)14(15,16)17)21-8-10-5-3-2-4-6-10/h2-6,9,11,13H,7-8,18H2,1H3,(H,19,20). The van der Waals surface area contributed by atoms with Crippen molar-refractivity contribution in [2.75, 3.05) is 0 Å². The predicted molar refractivity (Wildman–Crippen MR) is 70.5 cm³/mol. The number of benzene rings is 1. The molecule has 0 bridgehead atoms. The molecule has 1 aromatic carbocycles. The van der Waals surface area contributed by atoms with Gasteiger partial charge in [-0.15, -0.1) is 0 Å². The van der Waals surface area contributed by atoms with Crippen molar-refractivity contribution in [3.63, 3.8) is 0 Å². The second-order valence-electron chi connectivity index (χ2n) is 4.87. The highest BCUT2D eigenvalue weighted by Crippen LogP contribution is 2.34. The van der Waals surface area contributed by atoms with Crippen LogP contribution in [0, 0.1) is 5.92 Å². The summed E-state index contributed by atoms with van der Waals surface area (Å²) in [6.45, 7) is 1.31. The minimum absolute atomic E-state index is 0.0563. The van der Waals surface area contributed by atoms with E-state index < -0.39 is 36.6 Å². The van der Waals surface area contributed by atoms with E-state index in [2.05, 4.69) is 0 Å². The van der Waals surface area contributed by atoms with Gasteiger partial charge in [-0.3, -0.25) is 4.79 Å². The molecule has 1 aromatic rings. The van der Waals surface area contributed by atoms with E-state index in [1.807, 2.05) is 0 Å². The van der Waals surface area contributed by atoms with Crippen molar-refractivity contribution in [3.8, 4) is 0 Å². The number of carboxylic acid groups (broad SMARTS) is 1. The summed E-state index contributed by atoms with van der Waals surface area (Å²) in [6.07, 6.45) is -7.17. The largest absolute Gasteiger partial charge is 0.481 e. The van der Waals surface area contributed by atoms with Crippen molar-refractivity contribution in [2.24, 2.45) is 11.7 Å². The summed E-state index contributed by atoms with van der Waals surface area (Å²) in [4.78, 5) is 10.7. The molecule has 0 amide bonds. The van der Waals surface area contributed by atoms with Crippen LogP contribution in [0.15, 0.2) is 30.3 Å². The van der Waals surface area contributed by atoms with Gasteiger partial charge in [-0.25, -0.2) is 0 Å². The minimum atomic E-state index is -4.69. The summed E-state index contributed by atoms with van der Waals surface area (Å²) >= 11 is 0. The molecule has 0 radical (unpaired) electrons. The summed E-state index contributed by atoms with van der Waals surface area (Å²) in [5, 5.41) is 8.67. The molecule has 0 saturated carbocycles. The third-order valence-corrected chi connectivity index (χ3v) is 3.02. The summed E-state index contributed by atoms with van der Waals surface area (Å²) in [7, 11) is 0. The number of hydrogen-bond donors (Lipinski definition) is 2. The van der Waals surface area contributed by atoms with Gasteiger partial charge in [0.05, 0.1) is 25.0 Å². The molecule has 0 aliphatic heterocycles. The lowest BCUT2D eigenvalue weighted by Crippen LogP contribution is -2.46. The Bertz CT molecular complexity index is 449. The number of halogens is 3. The van der Waals surface area contributed by atoms with Gasteiger partial charge >= 0.3 is 12.1 Å². The molecule has 7 heteroatoms. The molecule has 3 N–H and O–H groups in total. The highest BCUT2D eigenvalue weighted by molar-refractivity contribution is 5.67. The van der Waals surface area contributed by atoms with E-state index in [4.69, 9.17) is 15.6 Å². The number of nitrogens with two attached hydrogens (primary N) is 1. The Morgan fingerprint density at radius 1 is 1.33 bits per heavy atom. The van der Waals surface area contributed by atoms with Crippen LogP contribution in [-0.4, -0.2) is 29.4 Å². The van der Waals surface area contributed by atoms with Gasteiger partial charge < -0.3 is 15.6 Å². The SMILES string of the molecule is CC(N)C(OCc1ccccc1)C(CC(=O)O)C(F)(F)F. The lowest BCUT2D eigenvalue weighted by Gasteiger charge is -2.30. The molecule has 4 nitrogen and oxygen atoms in total. The Labute approximate surface area is 120 Å². The normalized spacial score (nSPS) is 16.2. The van der Waals surface area contributed by atoms with Crippen LogP contribution >= 0.6 is 0 Å². The molecule has 3 atom stereocenters. The number of ether oxygens (including phenoxy) is 1. The first kappa shape index (κ1) is 17.5. The van der Waals surface area contributed by atoms with Crippen molar-refractivity contribution in [1.82, 2.24) is 0 Å². The highest BCUT2D eigenvalue weighted by atomic mass is 19.4. The van der Waals surface area contributed by atoms with Crippen molar-refractivity contribution in [3.05, 3.63) is 35.9 Å². The fraction of sp³-hybridized carbons (Fsp3) is 0.500. The Kier molecular flexibility index (Phi) is 6.17. The van der Waals surface area contributed by atoms with Gasteiger partial charge in [-0.2, -0.15) is 13.2 Å². The van der Waals surface area contributed by atoms with E-state index in [0.717, 1.165) is 0 Å². The third-order valence-electron chi connectivity index (χ3n) is 3.02. The molecular formula is C14H18F3NO3. The van der Waals surface area contributed by atoms with Gasteiger partial charge in [0.15, 0.2) is 0 Å². The average Bonchev–Trinajstić information content (AvgIpc) is 2.37. The van der Waals surface area contributed by atoms with Crippen LogP contribution in [-0.2, 0) is 16.1 Å². The maximum Gasteiger partial charge on any atom is 0.394 e. The van der Waals surface area contributed by atoms with Crippen molar-refractivity contribution in [1.29, 1.82) is 0 Å². The average molecular weight is 305 g/mol. The number of carbonyl (C=O) groups is 1. The topological polar surface area (TPSA) is 72.5 Å². The highest BCUT2D eigenvalue weighted by Gasteiger charge is 2.47. The zero-order valence-corrected chi connectivity index (χ0v) is 11.5. The van der Waals surface area contributed by atoms with Gasteiger partial charge in [0.2, 0.25) is 0 Å². The van der Waals surface area contributed by atoms with Crippen molar-refractivity contribution in [2.45, 2.75) is 38.3 Å². The summed E-state index contributed by atoms with van der Waals surface area (Å²) < 4.78 is 44.3. The minimum Gasteiger partial charge on any atom is -0.481 e. The van der Waals surface area contributed by atoms with Crippen LogP contribution in [0.2, 0.25) is 0 Å². The fourth-order valence-corrected chi connectivity index (χ4v) is 2.01. The van der Waals surface area contributed by atoms with Crippen molar-refractivity contribution >= 4 is 5.97 Å². The molecule has 0 aromatic heterocycles. The molecule has 0 aliphatic rings. The van der Waals surface area contributed by atoms with Crippen LogP contribution in [0.1, 0.15) is 18.9 Å². The molecular weight excluding hydrogens is 287 g/mol. The Balaban J connectivity index is 2.84. The zero-order chi connectivity index (χ0) is 16.0. The van der Waals surface area contributed by atoms with Crippen molar-refractivity contribution < 1.29 is 27.8 Å². The monoisotopic (exact) mass is 305 g/mol. The van der Waals surface area contributed by atoms with E-state index in [0.29, 0.717) is 5.56 Å². The maximum atomic E-state index is 13.0. The third kappa shape index (κ3) is 5.73. The van der Waals surface area contributed by atoms with Gasteiger partial charge in [0.25, 0.3) is 0 Å². The quantitative estimate of drug-likeness (QED) is 0.812. The summed E-state index contributed by atoms with van der Waals surface area (Å²) in [6, 6.07) is 7.71. The second-order valence-corrected chi connectivity index (χ2v) is 4.87. The number of carboxylic acids is 1. The van der Waals surface area contributed by atoms with Gasteiger partial charge in [-0.05, 0) is 12.5 Å². The van der Waals surface area contributed by atoms with E-state index in [-0.39, 0.29) is 6.61 Å². The van der Waals surface area contributed by atoms with E-state index in [1.165, 1.54) is 6.92 Å². The Morgan fingerprint density at radius 2 is 1.90 bits per heavy atom. The number of hydrogen-bond acceptors (Lipinski definition) is 3. The van der Waals surface area contributed by atoms with Crippen LogP contribution in [0.3, 0.4) is 0 Å². The molecule has 21 heavy (non-hydrogen) atoms. The smallest absolute Gasteiger partial charge is 0.394 e. The maximum absolute atomic E-state index is 13.0. The van der Waals surface area contributed by atoms with Crippen LogP contribution in [0.5, 0.6) is 0 Å². The lowest BCUT2D eigenvalue weighted by atomic mass is 9.93. The van der Waals surface area contributed by atoms with Gasteiger partial charge in [0.1, 0.15) is 0 Å². The zero-order valence-electron chi connectivity index (χ0n) is 11.5. The molecule has 0 spiro atoms. The first-order valence-electron chi connectivity index (χ1n) is 6.41. The summed E-state index contributed by atoms with van der Waals surface area (Å²) in [5.74, 6) is -3.68. The van der Waals surface area contributed by atoms with Crippen LogP contribution in [0.25, 0.3) is 0 Å². The lowest BCUT2D eigenvalue weighted by molar-refractivity contribution is -0.216. The number of aliphatic carboxylic acids is 1. The van der Waals surface area contributed by atoms with Gasteiger partial charge in [-0.1, -0.05) is 30.3 Å².